The third kappa shape index (κ3) is 2.06. The predicted octanol–water partition coefficient (Wildman–Crippen LogP) is 0.769. The Kier molecular flexibility index (Phi) is 2.71. The van der Waals surface area contributed by atoms with Crippen LogP contribution in [0, 0.1) is 0 Å². The number of aliphatic hydroxyl groups is 1. The van der Waals surface area contributed by atoms with Crippen molar-refractivity contribution in [2.75, 3.05) is 0 Å². The van der Waals surface area contributed by atoms with Crippen LogP contribution in [-0.2, 0) is 20.1 Å². The van der Waals surface area contributed by atoms with Crippen molar-refractivity contribution in [3.8, 4) is 5.75 Å². The van der Waals surface area contributed by atoms with Gasteiger partial charge < -0.3 is 9.84 Å². The lowest BCUT2D eigenvalue weighted by molar-refractivity contribution is 0.180. The Morgan fingerprint density at radius 1 is 1.50 bits per heavy atom. The second-order valence-corrected chi connectivity index (χ2v) is 4.40. The highest BCUT2D eigenvalue weighted by atomic mass is 16.5. The summed E-state index contributed by atoms with van der Waals surface area (Å²) in [6, 6.07) is 5.76. The van der Waals surface area contributed by atoms with Crippen LogP contribution < -0.4 is 4.74 Å². The van der Waals surface area contributed by atoms with Crippen LogP contribution in [0.25, 0.3) is 0 Å². The molecule has 0 amide bonds. The molecule has 1 aromatic heterocycles. The smallest absolute Gasteiger partial charge is 0.212 e. The van der Waals surface area contributed by atoms with Crippen molar-refractivity contribution >= 4 is 0 Å². The molecule has 1 aliphatic carbocycles. The number of hydrogen-bond donors (Lipinski definition) is 1. The minimum atomic E-state index is -0.323. The van der Waals surface area contributed by atoms with E-state index in [1.165, 1.54) is 4.80 Å². The van der Waals surface area contributed by atoms with Gasteiger partial charge in [0, 0.05) is 0 Å². The second kappa shape index (κ2) is 4.38. The Bertz CT molecular complexity index is 567. The normalized spacial score (nSPS) is 17.8. The zero-order chi connectivity index (χ0) is 12.5. The molecular formula is C12H14N4O2. The largest absolute Gasteiger partial charge is 0.485 e. The monoisotopic (exact) mass is 246 g/mol. The molecule has 0 bridgehead atoms. The average molecular weight is 246 g/mol. The summed E-state index contributed by atoms with van der Waals surface area (Å²) < 4.78 is 5.61. The van der Waals surface area contributed by atoms with Gasteiger partial charge >= 0.3 is 0 Å². The molecule has 94 valence electrons. The molecule has 6 heteroatoms. The second-order valence-electron chi connectivity index (χ2n) is 4.40. The molecule has 0 fully saturated rings. The fourth-order valence-corrected chi connectivity index (χ4v) is 2.19. The number of fused-ring (bicyclic) bond motifs is 1. The van der Waals surface area contributed by atoms with Gasteiger partial charge in [-0.1, -0.05) is 6.07 Å². The molecule has 3 rings (SSSR count). The molecule has 0 unspecified atom stereocenters. The highest BCUT2D eigenvalue weighted by Gasteiger charge is 2.20. The van der Waals surface area contributed by atoms with E-state index in [9.17, 15) is 5.11 Å². The van der Waals surface area contributed by atoms with E-state index in [1.807, 2.05) is 18.2 Å². The first kappa shape index (κ1) is 11.2. The van der Waals surface area contributed by atoms with Gasteiger partial charge in [-0.2, -0.15) is 4.80 Å². The first-order valence-corrected chi connectivity index (χ1v) is 5.89. The van der Waals surface area contributed by atoms with Gasteiger partial charge in [0.2, 0.25) is 5.82 Å². The van der Waals surface area contributed by atoms with E-state index in [4.69, 9.17) is 4.74 Å². The molecule has 0 saturated carbocycles. The quantitative estimate of drug-likeness (QED) is 0.866. The molecule has 1 heterocycles. The van der Waals surface area contributed by atoms with Gasteiger partial charge in [0.15, 0.2) is 6.61 Å². The number of ether oxygens (including phenoxy) is 1. The van der Waals surface area contributed by atoms with Crippen molar-refractivity contribution in [3.63, 3.8) is 0 Å². The lowest BCUT2D eigenvalue weighted by Crippen LogP contribution is -2.00. The number of aryl methyl sites for hydroxylation is 2. The van der Waals surface area contributed by atoms with Crippen molar-refractivity contribution in [3.05, 3.63) is 35.2 Å². The van der Waals surface area contributed by atoms with E-state index >= 15 is 0 Å². The van der Waals surface area contributed by atoms with Crippen molar-refractivity contribution in [1.82, 2.24) is 20.2 Å². The lowest BCUT2D eigenvalue weighted by Gasteiger charge is -2.07. The fraction of sp³-hybridized carbons (Fsp3) is 0.417. The van der Waals surface area contributed by atoms with Crippen LogP contribution in [-0.4, -0.2) is 25.3 Å². The maximum Gasteiger partial charge on any atom is 0.212 e. The Hall–Kier alpha value is -1.95. The van der Waals surface area contributed by atoms with Crippen molar-refractivity contribution in [2.24, 2.45) is 7.05 Å². The maximum atomic E-state index is 9.71. The van der Waals surface area contributed by atoms with Crippen molar-refractivity contribution < 1.29 is 9.84 Å². The molecule has 2 aromatic rings. The van der Waals surface area contributed by atoms with E-state index in [0.717, 1.165) is 29.7 Å². The molecule has 0 spiro atoms. The molecular weight excluding hydrogens is 232 g/mol. The first-order chi connectivity index (χ1) is 8.72. The zero-order valence-electron chi connectivity index (χ0n) is 10.1. The zero-order valence-corrected chi connectivity index (χ0v) is 10.1. The summed E-state index contributed by atoms with van der Waals surface area (Å²) >= 11 is 0. The molecule has 0 aliphatic heterocycles. The minimum Gasteiger partial charge on any atom is -0.485 e. The molecule has 0 saturated heterocycles. The third-order valence-corrected chi connectivity index (χ3v) is 3.08. The molecule has 1 aliphatic rings. The Morgan fingerprint density at radius 2 is 2.39 bits per heavy atom. The number of benzene rings is 1. The number of rotatable bonds is 3. The summed E-state index contributed by atoms with van der Waals surface area (Å²) in [7, 11) is 1.72. The van der Waals surface area contributed by atoms with Gasteiger partial charge in [-0.3, -0.25) is 0 Å². The molecule has 1 N–H and O–H groups in total. The molecule has 18 heavy (non-hydrogen) atoms. The van der Waals surface area contributed by atoms with Crippen LogP contribution in [0.15, 0.2) is 18.2 Å². The maximum absolute atomic E-state index is 9.71. The first-order valence-electron chi connectivity index (χ1n) is 5.89. The summed E-state index contributed by atoms with van der Waals surface area (Å²) in [6.07, 6.45) is 1.37. The summed E-state index contributed by atoms with van der Waals surface area (Å²) in [5.41, 5.74) is 2.17. The minimum absolute atomic E-state index is 0.301. The van der Waals surface area contributed by atoms with Crippen LogP contribution >= 0.6 is 0 Å². The third-order valence-electron chi connectivity index (χ3n) is 3.08. The molecule has 1 aromatic carbocycles. The Labute approximate surface area is 104 Å². The van der Waals surface area contributed by atoms with Crippen LogP contribution in [0.3, 0.4) is 0 Å². The topological polar surface area (TPSA) is 73.1 Å². The number of tetrazole rings is 1. The van der Waals surface area contributed by atoms with Gasteiger partial charge in [0.05, 0.1) is 13.2 Å². The Morgan fingerprint density at radius 3 is 3.17 bits per heavy atom. The molecule has 1 atom stereocenters. The van der Waals surface area contributed by atoms with Crippen LogP contribution in [0.2, 0.25) is 0 Å². The van der Waals surface area contributed by atoms with E-state index in [2.05, 4.69) is 15.4 Å². The van der Waals surface area contributed by atoms with Gasteiger partial charge in [-0.05, 0) is 41.3 Å². The lowest BCUT2D eigenvalue weighted by atomic mass is 10.1. The number of aromatic nitrogens is 4. The molecule has 6 nitrogen and oxygen atoms in total. The van der Waals surface area contributed by atoms with E-state index in [1.54, 1.807) is 7.05 Å². The highest BCUT2D eigenvalue weighted by molar-refractivity contribution is 5.39. The number of nitrogens with zero attached hydrogens (tertiary/aromatic N) is 4. The van der Waals surface area contributed by atoms with Gasteiger partial charge in [0.25, 0.3) is 0 Å². The SMILES string of the molecule is Cn1nnc(COc2ccc3c(c2)CC[C@@H]3O)n1. The van der Waals surface area contributed by atoms with Crippen molar-refractivity contribution in [2.45, 2.75) is 25.6 Å². The number of hydrogen-bond acceptors (Lipinski definition) is 5. The fourth-order valence-electron chi connectivity index (χ4n) is 2.19. The summed E-state index contributed by atoms with van der Waals surface area (Å²) in [4.78, 5) is 1.40. The summed E-state index contributed by atoms with van der Waals surface area (Å²) in [6.45, 7) is 0.301. The standard InChI is InChI=1S/C12H14N4O2/c1-16-14-12(13-15-16)7-18-9-3-4-10-8(6-9)2-5-11(10)17/h3-4,6,11,17H,2,5,7H2,1H3/t11-/m0/s1. The Balaban J connectivity index is 1.70. The van der Waals surface area contributed by atoms with Gasteiger partial charge in [0.1, 0.15) is 5.75 Å². The van der Waals surface area contributed by atoms with Crippen molar-refractivity contribution in [1.29, 1.82) is 0 Å². The van der Waals surface area contributed by atoms with Gasteiger partial charge in [-0.25, -0.2) is 0 Å². The van der Waals surface area contributed by atoms with E-state index in [-0.39, 0.29) is 6.10 Å². The average Bonchev–Trinajstić information content (AvgIpc) is 2.94. The van der Waals surface area contributed by atoms with Crippen LogP contribution in [0.4, 0.5) is 0 Å². The van der Waals surface area contributed by atoms with Crippen LogP contribution in [0.5, 0.6) is 5.75 Å². The van der Waals surface area contributed by atoms with Crippen LogP contribution in [0.1, 0.15) is 29.5 Å². The predicted molar refractivity (Wildman–Crippen MR) is 62.9 cm³/mol. The molecule has 0 radical (unpaired) electrons. The van der Waals surface area contributed by atoms with E-state index in [0.29, 0.717) is 12.4 Å². The summed E-state index contributed by atoms with van der Waals surface area (Å²) in [5, 5.41) is 21.3. The van der Waals surface area contributed by atoms with Gasteiger partial charge in [-0.15, -0.1) is 10.2 Å². The number of aliphatic hydroxyl groups excluding tert-OH is 1. The highest BCUT2D eigenvalue weighted by Crippen LogP contribution is 2.33. The summed E-state index contributed by atoms with van der Waals surface area (Å²) in [5.74, 6) is 1.33. The van der Waals surface area contributed by atoms with E-state index < -0.39 is 0 Å².